The Bertz CT molecular complexity index is 3270. The van der Waals surface area contributed by atoms with Crippen molar-refractivity contribution >= 4 is 98.1 Å². The maximum Gasteiger partial charge on any atom is 0.271 e. The van der Waals surface area contributed by atoms with Crippen LogP contribution in [0.1, 0.15) is 37.9 Å². The second kappa shape index (κ2) is 25.0. The summed E-state index contributed by atoms with van der Waals surface area (Å²) >= 11 is 0. The Hall–Kier alpha value is -10.2. The molecule has 3 aromatic carbocycles. The number of para-hydroxylation sites is 6. The molecule has 0 bridgehead atoms. The SMILES string of the molecule is NCC1NC(=O)C[C@@H](C(N)=O)NC(=O)C(CNC(=O)c2cnc3ccccc3n2)NC(=O)C(CNC(=O)c2cnc3ccccc3n2)NC(=O)CNC(=O)CNC(=O)C(CNC(=O)c2cnc3ccccc3n2)NC1=O. The van der Waals surface area contributed by atoms with Crippen LogP contribution in [0.5, 0.6) is 0 Å². The molecule has 392 valence electrons. The van der Waals surface area contributed by atoms with Crippen molar-refractivity contribution in [1.29, 1.82) is 0 Å². The van der Waals surface area contributed by atoms with Crippen LogP contribution in [0.25, 0.3) is 33.1 Å². The Labute approximate surface area is 428 Å². The third-order valence-electron chi connectivity index (χ3n) is 11.2. The lowest BCUT2D eigenvalue weighted by molar-refractivity contribution is -0.135. The van der Waals surface area contributed by atoms with Gasteiger partial charge in [0.05, 0.1) is 71.2 Å². The molecule has 6 aromatic rings. The van der Waals surface area contributed by atoms with E-state index in [0.29, 0.717) is 33.1 Å². The van der Waals surface area contributed by atoms with Gasteiger partial charge in [0.2, 0.25) is 47.3 Å². The lowest BCUT2D eigenvalue weighted by Crippen LogP contribution is -2.62. The Morgan fingerprint density at radius 2 is 0.829 bits per heavy atom. The highest BCUT2D eigenvalue weighted by Gasteiger charge is 2.33. The maximum atomic E-state index is 14.2. The van der Waals surface area contributed by atoms with Gasteiger partial charge in [0.15, 0.2) is 0 Å². The minimum absolute atomic E-state index is 0.155. The lowest BCUT2D eigenvalue weighted by atomic mass is 10.1. The summed E-state index contributed by atoms with van der Waals surface area (Å²) in [5.74, 6) is -11.4. The van der Waals surface area contributed by atoms with Gasteiger partial charge in [0, 0.05) is 26.2 Å². The predicted octanol–water partition coefficient (Wildman–Crippen LogP) is -5.39. The molecule has 0 radical (unpaired) electrons. The summed E-state index contributed by atoms with van der Waals surface area (Å²) in [6.45, 7) is -4.30. The van der Waals surface area contributed by atoms with Crippen LogP contribution < -0.4 is 64.6 Å². The molecule has 1 aliphatic rings. The number of nitrogens with two attached hydrogens (primary N) is 2. The monoisotopic (exact) mass is 1040 g/mol. The minimum Gasteiger partial charge on any atom is -0.368 e. The van der Waals surface area contributed by atoms with Gasteiger partial charge < -0.3 is 64.6 Å². The molecule has 1 fully saturated rings. The molecule has 14 N–H and O–H groups in total. The van der Waals surface area contributed by atoms with Crippen molar-refractivity contribution in [2.75, 3.05) is 39.3 Å². The first-order chi connectivity index (χ1) is 36.5. The van der Waals surface area contributed by atoms with E-state index in [1.54, 1.807) is 72.8 Å². The van der Waals surface area contributed by atoms with E-state index < -0.39 is 141 Å². The number of benzene rings is 3. The molecule has 0 spiro atoms. The van der Waals surface area contributed by atoms with E-state index in [-0.39, 0.29) is 17.1 Å². The van der Waals surface area contributed by atoms with Crippen LogP contribution in [0.3, 0.4) is 0 Å². The molecule has 3 aromatic heterocycles. The van der Waals surface area contributed by atoms with Crippen molar-refractivity contribution < 1.29 is 52.7 Å². The number of hydrogen-bond acceptors (Lipinski definition) is 18. The number of amides is 11. The number of nitrogens with one attached hydrogen (secondary N) is 10. The zero-order valence-corrected chi connectivity index (χ0v) is 39.8. The molecule has 5 atom stereocenters. The van der Waals surface area contributed by atoms with Crippen LogP contribution in [-0.2, 0) is 38.4 Å². The molecule has 4 heterocycles. The number of carbonyl (C=O) groups is 11. The normalized spacial score (nSPS) is 19.4. The molecule has 7 rings (SSSR count). The fourth-order valence-electron chi connectivity index (χ4n) is 7.17. The third-order valence-corrected chi connectivity index (χ3v) is 11.2. The zero-order chi connectivity index (χ0) is 54.3. The van der Waals surface area contributed by atoms with Gasteiger partial charge in [-0.3, -0.25) is 67.7 Å². The molecule has 11 amide bonds. The van der Waals surface area contributed by atoms with Crippen LogP contribution >= 0.6 is 0 Å². The maximum absolute atomic E-state index is 14.2. The number of carbonyl (C=O) groups excluding carboxylic acids is 11. The Morgan fingerprint density at radius 1 is 0.461 bits per heavy atom. The molecular formula is C47H48N18O11. The highest BCUT2D eigenvalue weighted by molar-refractivity contribution is 6.00. The number of aromatic nitrogens is 6. The van der Waals surface area contributed by atoms with Gasteiger partial charge >= 0.3 is 0 Å². The average Bonchev–Trinajstić information content (AvgIpc) is 3.42. The molecule has 1 saturated heterocycles. The van der Waals surface area contributed by atoms with E-state index in [9.17, 15) is 52.7 Å². The van der Waals surface area contributed by atoms with Crippen LogP contribution in [0.15, 0.2) is 91.4 Å². The molecule has 29 nitrogen and oxygen atoms in total. The number of hydrogen-bond donors (Lipinski definition) is 12. The van der Waals surface area contributed by atoms with Crippen molar-refractivity contribution in [2.45, 2.75) is 36.6 Å². The number of primary amides is 1. The molecule has 0 saturated carbocycles. The molecular weight excluding hydrogens is 993 g/mol. The predicted molar refractivity (Wildman–Crippen MR) is 264 cm³/mol. The molecule has 76 heavy (non-hydrogen) atoms. The summed E-state index contributed by atoms with van der Waals surface area (Å²) < 4.78 is 0. The van der Waals surface area contributed by atoms with E-state index in [2.05, 4.69) is 83.1 Å². The smallest absolute Gasteiger partial charge is 0.271 e. The Balaban J connectivity index is 1.13. The second-order valence-corrected chi connectivity index (χ2v) is 16.6. The van der Waals surface area contributed by atoms with E-state index in [4.69, 9.17) is 11.5 Å². The highest BCUT2D eigenvalue weighted by Crippen LogP contribution is 2.11. The third kappa shape index (κ3) is 14.3. The molecule has 4 unspecified atom stereocenters. The number of fused-ring (bicyclic) bond motifs is 3. The summed E-state index contributed by atoms with van der Waals surface area (Å²) in [6, 6.07) is 11.2. The van der Waals surface area contributed by atoms with Gasteiger partial charge in [-0.2, -0.15) is 0 Å². The Morgan fingerprint density at radius 3 is 1.26 bits per heavy atom. The molecule has 1 aliphatic heterocycles. The van der Waals surface area contributed by atoms with Gasteiger partial charge in [0.1, 0.15) is 47.3 Å². The quantitative estimate of drug-likeness (QED) is 0.0576. The van der Waals surface area contributed by atoms with E-state index in [0.717, 1.165) is 6.20 Å². The number of rotatable bonds is 11. The topological polar surface area (TPSA) is 437 Å². The summed E-state index contributed by atoms with van der Waals surface area (Å²) in [7, 11) is 0. The summed E-state index contributed by atoms with van der Waals surface area (Å²) in [6.07, 6.45) is 2.58. The Kier molecular flexibility index (Phi) is 17.6. The van der Waals surface area contributed by atoms with Crippen molar-refractivity contribution in [3.63, 3.8) is 0 Å². The standard InChI is InChI=1S/C47H48N18O11/c48-14-30-45(74)64-34(18-54-41(70)31-15-50-23-7-1-4-10-26(23)58-31)44(73)57-21-38(67)53-22-39(68)62-35(19-55-42(71)32-16-51-24-8-2-5-11-27(24)59-32)46(75)65-36(47(76)63-29(40(49)69)13-37(66)61-30)20-56-43(72)33-17-52-25-9-3-6-12-28(25)60-33/h1-12,15-17,29-30,34-36H,13-14,18-22,48H2,(H2,49,69)(H,53,67)(H,54,70)(H,55,71)(H,56,72)(H,57,73)(H,61,66)(H,62,68)(H,63,76)(H,64,74)(H,65,75)/t29-,30?,34?,35?,36?/m0/s1. The highest BCUT2D eigenvalue weighted by atomic mass is 16.2. The van der Waals surface area contributed by atoms with Crippen LogP contribution in [0, 0.1) is 0 Å². The van der Waals surface area contributed by atoms with Gasteiger partial charge in [-0.1, -0.05) is 36.4 Å². The van der Waals surface area contributed by atoms with Crippen molar-refractivity contribution in [3.05, 3.63) is 108 Å². The van der Waals surface area contributed by atoms with Gasteiger partial charge in [0.25, 0.3) is 17.7 Å². The van der Waals surface area contributed by atoms with E-state index in [1.165, 1.54) is 12.4 Å². The summed E-state index contributed by atoms with van der Waals surface area (Å²) in [4.78, 5) is 174. The first kappa shape index (κ1) is 53.6. The fourth-order valence-corrected chi connectivity index (χ4v) is 7.17. The minimum atomic E-state index is -1.86. The largest absolute Gasteiger partial charge is 0.368 e. The summed E-state index contributed by atoms with van der Waals surface area (Å²) in [5.41, 5.74) is 13.4. The number of nitrogens with zero attached hydrogens (tertiary/aromatic N) is 6. The average molecular weight is 1040 g/mol. The first-order valence-electron chi connectivity index (χ1n) is 23.1. The van der Waals surface area contributed by atoms with Crippen LogP contribution in [-0.4, -0.2) is 164 Å². The molecule has 29 heteroatoms. The fraction of sp³-hybridized carbons (Fsp3) is 0.255. The van der Waals surface area contributed by atoms with Crippen LogP contribution in [0.4, 0.5) is 0 Å². The first-order valence-corrected chi connectivity index (χ1v) is 23.1. The van der Waals surface area contributed by atoms with Crippen LogP contribution in [0.2, 0.25) is 0 Å². The van der Waals surface area contributed by atoms with Gasteiger partial charge in [-0.15, -0.1) is 0 Å². The van der Waals surface area contributed by atoms with Crippen molar-refractivity contribution in [1.82, 2.24) is 83.1 Å². The van der Waals surface area contributed by atoms with Gasteiger partial charge in [-0.05, 0) is 36.4 Å². The molecule has 0 aliphatic carbocycles. The second-order valence-electron chi connectivity index (χ2n) is 16.6. The van der Waals surface area contributed by atoms with Crippen molar-refractivity contribution in [2.24, 2.45) is 11.5 Å². The van der Waals surface area contributed by atoms with Crippen molar-refractivity contribution in [3.8, 4) is 0 Å². The van der Waals surface area contributed by atoms with E-state index in [1.807, 2.05) is 0 Å². The lowest BCUT2D eigenvalue weighted by Gasteiger charge is -2.26. The van der Waals surface area contributed by atoms with Gasteiger partial charge in [-0.25, -0.2) is 15.0 Å². The summed E-state index contributed by atoms with van der Waals surface area (Å²) in [5, 5.41) is 23.5. The van der Waals surface area contributed by atoms with E-state index >= 15 is 0 Å². The zero-order valence-electron chi connectivity index (χ0n) is 39.8.